The summed E-state index contributed by atoms with van der Waals surface area (Å²) in [4.78, 5) is 0. The monoisotopic (exact) mass is 231 g/mol. The van der Waals surface area contributed by atoms with Gasteiger partial charge < -0.3 is 24.6 Å². The Morgan fingerprint density at radius 3 is 2.69 bits per heavy atom. The van der Waals surface area contributed by atoms with Crippen LogP contribution in [0.25, 0.3) is 0 Å². The molecule has 0 bridgehead atoms. The molecule has 5 heteroatoms. The van der Waals surface area contributed by atoms with Crippen LogP contribution in [-0.2, 0) is 14.2 Å². The van der Waals surface area contributed by atoms with Gasteiger partial charge in [-0.3, -0.25) is 0 Å². The summed E-state index contributed by atoms with van der Waals surface area (Å²) < 4.78 is 17.3. The van der Waals surface area contributed by atoms with Gasteiger partial charge in [-0.15, -0.1) is 0 Å². The van der Waals surface area contributed by atoms with Crippen LogP contribution in [0.15, 0.2) is 0 Å². The second kappa shape index (κ2) is 4.58. The quantitative estimate of drug-likeness (QED) is 0.706. The molecule has 1 aliphatic carbocycles. The molecule has 5 nitrogen and oxygen atoms in total. The van der Waals surface area contributed by atoms with Crippen LogP contribution in [0.2, 0.25) is 0 Å². The molecule has 16 heavy (non-hydrogen) atoms. The van der Waals surface area contributed by atoms with Gasteiger partial charge in [-0.1, -0.05) is 0 Å². The van der Waals surface area contributed by atoms with Crippen molar-refractivity contribution in [1.29, 1.82) is 0 Å². The van der Waals surface area contributed by atoms with Gasteiger partial charge in [-0.25, -0.2) is 0 Å². The molecule has 94 valence electrons. The van der Waals surface area contributed by atoms with Gasteiger partial charge in [0.1, 0.15) is 12.2 Å². The zero-order chi connectivity index (χ0) is 11.8. The first kappa shape index (κ1) is 12.3. The number of aliphatic hydroxyl groups excluding tert-OH is 1. The summed E-state index contributed by atoms with van der Waals surface area (Å²) >= 11 is 0. The summed E-state index contributed by atoms with van der Waals surface area (Å²) in [6.07, 6.45) is 0.890. The number of aliphatic hydroxyl groups is 1. The molecule has 0 aromatic heterocycles. The van der Waals surface area contributed by atoms with E-state index >= 15 is 0 Å². The van der Waals surface area contributed by atoms with Gasteiger partial charge in [0, 0.05) is 6.04 Å². The highest BCUT2D eigenvalue weighted by molar-refractivity contribution is 5.02. The summed E-state index contributed by atoms with van der Waals surface area (Å²) in [6.45, 7) is 4.23. The number of ether oxygens (including phenoxy) is 3. The third-order valence-electron chi connectivity index (χ3n) is 3.21. The molecule has 2 N–H and O–H groups in total. The molecule has 4 atom stereocenters. The Labute approximate surface area is 96.1 Å². The third-order valence-corrected chi connectivity index (χ3v) is 3.21. The number of hydrogen-bond donors (Lipinski definition) is 2. The van der Waals surface area contributed by atoms with E-state index in [2.05, 4.69) is 5.32 Å². The van der Waals surface area contributed by atoms with E-state index in [1.165, 1.54) is 0 Å². The summed E-state index contributed by atoms with van der Waals surface area (Å²) in [7, 11) is 1.92. The van der Waals surface area contributed by atoms with E-state index in [-0.39, 0.29) is 31.0 Å². The molecule has 1 heterocycles. The molecule has 0 aromatic carbocycles. The lowest BCUT2D eigenvalue weighted by atomic mass is 10.2. The van der Waals surface area contributed by atoms with Crippen molar-refractivity contribution < 1.29 is 19.3 Å². The molecule has 0 amide bonds. The Morgan fingerprint density at radius 1 is 1.38 bits per heavy atom. The summed E-state index contributed by atoms with van der Waals surface area (Å²) in [5.41, 5.74) is 0. The highest BCUT2D eigenvalue weighted by Gasteiger charge is 2.54. The average Bonchev–Trinajstić information content (AvgIpc) is 2.69. The van der Waals surface area contributed by atoms with Crippen LogP contribution >= 0.6 is 0 Å². The predicted molar refractivity (Wildman–Crippen MR) is 58.1 cm³/mol. The Hall–Kier alpha value is -0.200. The number of nitrogens with one attached hydrogen (secondary N) is 1. The van der Waals surface area contributed by atoms with E-state index in [9.17, 15) is 0 Å². The molecule has 2 fully saturated rings. The van der Waals surface area contributed by atoms with Crippen molar-refractivity contribution in [1.82, 2.24) is 5.32 Å². The van der Waals surface area contributed by atoms with Crippen molar-refractivity contribution in [2.45, 2.75) is 50.4 Å². The van der Waals surface area contributed by atoms with Crippen molar-refractivity contribution in [2.75, 3.05) is 20.3 Å². The van der Waals surface area contributed by atoms with E-state index in [1.807, 2.05) is 20.9 Å². The molecule has 0 radical (unpaired) electrons. The van der Waals surface area contributed by atoms with Crippen molar-refractivity contribution >= 4 is 0 Å². The summed E-state index contributed by atoms with van der Waals surface area (Å²) in [5.74, 6) is -0.536. The largest absolute Gasteiger partial charge is 0.394 e. The zero-order valence-electron chi connectivity index (χ0n) is 10.1. The van der Waals surface area contributed by atoms with Crippen LogP contribution in [0.1, 0.15) is 20.3 Å². The Kier molecular flexibility index (Phi) is 3.51. The highest BCUT2D eigenvalue weighted by Crippen LogP contribution is 2.39. The smallest absolute Gasteiger partial charge is 0.163 e. The van der Waals surface area contributed by atoms with Crippen LogP contribution < -0.4 is 5.32 Å². The SMILES string of the molecule is CN[C@@H]1C[C@H](OCCO)[C@H]2OC(C)(C)O[C@H]21. The minimum absolute atomic E-state index is 0.0105. The lowest BCUT2D eigenvalue weighted by Gasteiger charge is -2.23. The van der Waals surface area contributed by atoms with Gasteiger partial charge >= 0.3 is 0 Å². The van der Waals surface area contributed by atoms with E-state index in [4.69, 9.17) is 19.3 Å². The average molecular weight is 231 g/mol. The predicted octanol–water partition coefficient (Wildman–Crippen LogP) is -0.124. The van der Waals surface area contributed by atoms with Gasteiger partial charge in [0.05, 0.1) is 19.3 Å². The van der Waals surface area contributed by atoms with Crippen molar-refractivity contribution in [3.63, 3.8) is 0 Å². The van der Waals surface area contributed by atoms with Gasteiger partial charge in [0.25, 0.3) is 0 Å². The second-order valence-corrected chi connectivity index (χ2v) is 4.83. The van der Waals surface area contributed by atoms with Crippen LogP contribution in [0.5, 0.6) is 0 Å². The first-order valence-corrected chi connectivity index (χ1v) is 5.83. The maximum absolute atomic E-state index is 8.78. The minimum Gasteiger partial charge on any atom is -0.394 e. The first-order valence-electron chi connectivity index (χ1n) is 5.83. The third kappa shape index (κ3) is 2.24. The fourth-order valence-corrected chi connectivity index (χ4v) is 2.58. The molecule has 0 spiro atoms. The molecule has 2 rings (SSSR count). The summed E-state index contributed by atoms with van der Waals surface area (Å²) in [6, 6.07) is 0.260. The molecule has 1 saturated carbocycles. The highest BCUT2D eigenvalue weighted by atomic mass is 16.8. The molecule has 0 unspecified atom stereocenters. The van der Waals surface area contributed by atoms with Gasteiger partial charge in [0.2, 0.25) is 0 Å². The normalized spacial score (nSPS) is 41.2. The number of likely N-dealkylation sites (N-methyl/N-ethyl adjacent to an activating group) is 1. The van der Waals surface area contributed by atoms with Crippen molar-refractivity contribution in [3.05, 3.63) is 0 Å². The van der Waals surface area contributed by atoms with Crippen molar-refractivity contribution in [2.24, 2.45) is 0 Å². The minimum atomic E-state index is -0.536. The van der Waals surface area contributed by atoms with E-state index in [1.54, 1.807) is 0 Å². The van der Waals surface area contributed by atoms with Crippen LogP contribution in [-0.4, -0.2) is 55.5 Å². The van der Waals surface area contributed by atoms with E-state index < -0.39 is 5.79 Å². The van der Waals surface area contributed by atoms with Gasteiger partial charge in [0.15, 0.2) is 5.79 Å². The maximum atomic E-state index is 8.78. The standard InChI is InChI=1S/C11H21NO4/c1-11(2)15-9-7(12-3)6-8(10(9)16-11)14-5-4-13/h7-10,12-13H,4-6H2,1-3H3/t7-,8+,9+,10-/m1/s1. The van der Waals surface area contributed by atoms with Crippen LogP contribution in [0, 0.1) is 0 Å². The van der Waals surface area contributed by atoms with Gasteiger partial charge in [-0.2, -0.15) is 0 Å². The number of fused-ring (bicyclic) bond motifs is 1. The second-order valence-electron chi connectivity index (χ2n) is 4.83. The fraction of sp³-hybridized carbons (Fsp3) is 1.00. The molecule has 1 saturated heterocycles. The van der Waals surface area contributed by atoms with Gasteiger partial charge in [-0.05, 0) is 27.3 Å². The van der Waals surface area contributed by atoms with Crippen molar-refractivity contribution in [3.8, 4) is 0 Å². The Morgan fingerprint density at radius 2 is 2.06 bits per heavy atom. The molecular formula is C11H21NO4. The molecular weight excluding hydrogens is 210 g/mol. The Balaban J connectivity index is 2.02. The number of rotatable bonds is 4. The molecule has 1 aliphatic heterocycles. The fourth-order valence-electron chi connectivity index (χ4n) is 2.58. The van der Waals surface area contributed by atoms with Crippen LogP contribution in [0.4, 0.5) is 0 Å². The van der Waals surface area contributed by atoms with Crippen LogP contribution in [0.3, 0.4) is 0 Å². The summed E-state index contributed by atoms with van der Waals surface area (Å²) in [5, 5.41) is 12.0. The van der Waals surface area contributed by atoms with E-state index in [0.29, 0.717) is 6.61 Å². The molecule has 2 aliphatic rings. The topological polar surface area (TPSA) is 60.0 Å². The molecule has 0 aromatic rings. The Bertz CT molecular complexity index is 246. The lowest BCUT2D eigenvalue weighted by molar-refractivity contribution is -0.169. The zero-order valence-corrected chi connectivity index (χ0v) is 10.1. The number of hydrogen-bond acceptors (Lipinski definition) is 5. The first-order chi connectivity index (χ1) is 7.57. The lowest BCUT2D eigenvalue weighted by Crippen LogP contribution is -2.37. The van der Waals surface area contributed by atoms with E-state index in [0.717, 1.165) is 6.42 Å². The maximum Gasteiger partial charge on any atom is 0.163 e.